The molecule has 0 spiro atoms. The van der Waals surface area contributed by atoms with Crippen LogP contribution >= 0.6 is 28.3 Å². The van der Waals surface area contributed by atoms with Gasteiger partial charge in [0.15, 0.2) is 0 Å². The van der Waals surface area contributed by atoms with Crippen LogP contribution in [0.3, 0.4) is 0 Å². The molecule has 0 aliphatic heterocycles. The Hall–Kier alpha value is -0.120. The molecule has 0 amide bonds. The molecule has 0 fully saturated rings. The highest BCUT2D eigenvalue weighted by Gasteiger charge is 2.13. The fraction of sp³-hybridized carbons (Fsp3) is 0.500. The van der Waals surface area contributed by atoms with Crippen molar-refractivity contribution in [2.45, 2.75) is 26.3 Å². The lowest BCUT2D eigenvalue weighted by atomic mass is 9.95. The largest absolute Gasteiger partial charge is 0.324 e. The van der Waals surface area contributed by atoms with E-state index in [0.717, 1.165) is 16.5 Å². The molecule has 0 saturated carbocycles. The smallest absolute Gasteiger partial charge is 0.0410 e. The maximum absolute atomic E-state index is 6.06. The number of nitrogens with two attached hydrogens (primary N) is 1. The second-order valence-electron chi connectivity index (χ2n) is 3.35. The van der Waals surface area contributed by atoms with Crippen molar-refractivity contribution in [3.05, 3.63) is 28.5 Å². The van der Waals surface area contributed by atoms with E-state index in [1.807, 2.05) is 12.3 Å². The van der Waals surface area contributed by atoms with Crippen molar-refractivity contribution in [1.29, 1.82) is 0 Å². The van der Waals surface area contributed by atoms with E-state index in [2.05, 4.69) is 34.8 Å². The van der Waals surface area contributed by atoms with Crippen LogP contribution in [-0.2, 0) is 0 Å². The topological polar surface area (TPSA) is 38.9 Å². The SMILES string of the molecule is CCC(C)[C@H](N)c1cncc(Br)c1.Cl. The number of hydrogen-bond acceptors (Lipinski definition) is 2. The molecule has 0 aliphatic carbocycles. The Morgan fingerprint density at radius 1 is 1.50 bits per heavy atom. The lowest BCUT2D eigenvalue weighted by Gasteiger charge is -2.18. The molecule has 0 radical (unpaired) electrons. The van der Waals surface area contributed by atoms with Crippen molar-refractivity contribution in [3.63, 3.8) is 0 Å². The minimum atomic E-state index is 0. The number of rotatable bonds is 3. The highest BCUT2D eigenvalue weighted by molar-refractivity contribution is 9.10. The molecule has 4 heteroatoms. The molecule has 1 rings (SSSR count). The Bertz CT molecular complexity index is 281. The molecule has 2 atom stereocenters. The summed E-state index contributed by atoms with van der Waals surface area (Å²) in [4.78, 5) is 4.10. The Labute approximate surface area is 99.8 Å². The molecule has 80 valence electrons. The molecule has 1 aromatic rings. The van der Waals surface area contributed by atoms with Gasteiger partial charge in [-0.1, -0.05) is 20.3 Å². The van der Waals surface area contributed by atoms with Crippen LogP contribution < -0.4 is 5.73 Å². The van der Waals surface area contributed by atoms with Gasteiger partial charge in [0.2, 0.25) is 0 Å². The first-order valence-corrected chi connectivity index (χ1v) is 5.30. The lowest BCUT2D eigenvalue weighted by Crippen LogP contribution is -2.18. The van der Waals surface area contributed by atoms with E-state index in [0.29, 0.717) is 5.92 Å². The van der Waals surface area contributed by atoms with Crippen molar-refractivity contribution >= 4 is 28.3 Å². The van der Waals surface area contributed by atoms with E-state index in [1.165, 1.54) is 0 Å². The van der Waals surface area contributed by atoms with Crippen molar-refractivity contribution in [2.75, 3.05) is 0 Å². The molecular weight excluding hydrogens is 263 g/mol. The molecule has 1 unspecified atom stereocenters. The van der Waals surface area contributed by atoms with Crippen LogP contribution in [0.4, 0.5) is 0 Å². The average Bonchev–Trinajstić information content (AvgIpc) is 2.15. The van der Waals surface area contributed by atoms with Gasteiger partial charge in [0, 0.05) is 22.9 Å². The van der Waals surface area contributed by atoms with Gasteiger partial charge in [0.25, 0.3) is 0 Å². The summed E-state index contributed by atoms with van der Waals surface area (Å²) >= 11 is 3.38. The van der Waals surface area contributed by atoms with E-state index in [-0.39, 0.29) is 18.4 Å². The van der Waals surface area contributed by atoms with Crippen LogP contribution in [0.25, 0.3) is 0 Å². The van der Waals surface area contributed by atoms with Crippen LogP contribution in [-0.4, -0.2) is 4.98 Å². The third-order valence-corrected chi connectivity index (χ3v) is 2.80. The number of halogens is 2. The minimum Gasteiger partial charge on any atom is -0.324 e. The van der Waals surface area contributed by atoms with E-state index in [4.69, 9.17) is 5.73 Å². The van der Waals surface area contributed by atoms with Crippen LogP contribution in [0.1, 0.15) is 31.9 Å². The van der Waals surface area contributed by atoms with Gasteiger partial charge in [-0.3, -0.25) is 4.98 Å². The molecule has 0 aromatic carbocycles. The molecule has 1 aromatic heterocycles. The van der Waals surface area contributed by atoms with Gasteiger partial charge >= 0.3 is 0 Å². The second kappa shape index (κ2) is 6.38. The Morgan fingerprint density at radius 3 is 2.64 bits per heavy atom. The van der Waals surface area contributed by atoms with Crippen molar-refractivity contribution in [2.24, 2.45) is 11.7 Å². The molecular formula is C10H16BrClN2. The maximum atomic E-state index is 6.06. The summed E-state index contributed by atoms with van der Waals surface area (Å²) in [6.07, 6.45) is 4.70. The van der Waals surface area contributed by atoms with E-state index >= 15 is 0 Å². The molecule has 2 nitrogen and oxygen atoms in total. The Morgan fingerprint density at radius 2 is 2.14 bits per heavy atom. The standard InChI is InChI=1S/C10H15BrN2.ClH/c1-3-7(2)10(12)8-4-9(11)6-13-5-8;/h4-7,10H,3,12H2,1-2H3;1H/t7?,10-;/m0./s1. The molecule has 0 aliphatic rings. The fourth-order valence-electron chi connectivity index (χ4n) is 1.19. The zero-order valence-electron chi connectivity index (χ0n) is 8.40. The van der Waals surface area contributed by atoms with Gasteiger partial charge in [-0.2, -0.15) is 0 Å². The van der Waals surface area contributed by atoms with E-state index in [9.17, 15) is 0 Å². The predicted molar refractivity (Wildman–Crippen MR) is 65.6 cm³/mol. The highest BCUT2D eigenvalue weighted by Crippen LogP contribution is 2.22. The van der Waals surface area contributed by atoms with Crippen LogP contribution in [0.15, 0.2) is 22.9 Å². The molecule has 0 bridgehead atoms. The molecule has 2 N–H and O–H groups in total. The van der Waals surface area contributed by atoms with Gasteiger partial charge in [0.1, 0.15) is 0 Å². The Kier molecular flexibility index (Phi) is 6.33. The van der Waals surface area contributed by atoms with Crippen molar-refractivity contribution in [1.82, 2.24) is 4.98 Å². The van der Waals surface area contributed by atoms with Crippen LogP contribution in [0.5, 0.6) is 0 Å². The van der Waals surface area contributed by atoms with Crippen molar-refractivity contribution in [3.8, 4) is 0 Å². The predicted octanol–water partition coefficient (Wildman–Crippen LogP) is 3.31. The summed E-state index contributed by atoms with van der Waals surface area (Å²) in [5.41, 5.74) is 7.16. The third kappa shape index (κ3) is 3.56. The summed E-state index contributed by atoms with van der Waals surface area (Å²) in [5, 5.41) is 0. The summed E-state index contributed by atoms with van der Waals surface area (Å²) in [5.74, 6) is 0.496. The Balaban J connectivity index is 0.00000169. The quantitative estimate of drug-likeness (QED) is 0.922. The van der Waals surface area contributed by atoms with Gasteiger partial charge in [-0.25, -0.2) is 0 Å². The van der Waals surface area contributed by atoms with Gasteiger partial charge in [-0.05, 0) is 33.5 Å². The summed E-state index contributed by atoms with van der Waals surface area (Å²) in [6, 6.07) is 2.12. The zero-order valence-corrected chi connectivity index (χ0v) is 10.8. The first-order chi connectivity index (χ1) is 6.15. The van der Waals surface area contributed by atoms with Crippen LogP contribution in [0, 0.1) is 5.92 Å². The number of aromatic nitrogens is 1. The normalized spacial score (nSPS) is 14.3. The van der Waals surface area contributed by atoms with E-state index < -0.39 is 0 Å². The molecule has 1 heterocycles. The zero-order chi connectivity index (χ0) is 9.84. The minimum absolute atomic E-state index is 0. The average molecular weight is 280 g/mol. The first kappa shape index (κ1) is 13.9. The van der Waals surface area contributed by atoms with Crippen molar-refractivity contribution < 1.29 is 0 Å². The summed E-state index contributed by atoms with van der Waals surface area (Å²) in [7, 11) is 0. The third-order valence-electron chi connectivity index (χ3n) is 2.37. The number of pyridine rings is 1. The number of hydrogen-bond donors (Lipinski definition) is 1. The van der Waals surface area contributed by atoms with E-state index in [1.54, 1.807) is 6.20 Å². The highest BCUT2D eigenvalue weighted by atomic mass is 79.9. The summed E-state index contributed by atoms with van der Waals surface area (Å²) < 4.78 is 0.990. The van der Waals surface area contributed by atoms with Gasteiger partial charge in [-0.15, -0.1) is 12.4 Å². The fourth-order valence-corrected chi connectivity index (χ4v) is 1.58. The maximum Gasteiger partial charge on any atom is 0.0410 e. The molecule has 14 heavy (non-hydrogen) atoms. The van der Waals surface area contributed by atoms with Gasteiger partial charge in [0.05, 0.1) is 0 Å². The second-order valence-corrected chi connectivity index (χ2v) is 4.26. The monoisotopic (exact) mass is 278 g/mol. The van der Waals surface area contributed by atoms with Crippen LogP contribution in [0.2, 0.25) is 0 Å². The summed E-state index contributed by atoms with van der Waals surface area (Å²) in [6.45, 7) is 4.31. The van der Waals surface area contributed by atoms with Gasteiger partial charge < -0.3 is 5.73 Å². The number of nitrogens with zero attached hydrogens (tertiary/aromatic N) is 1. The first-order valence-electron chi connectivity index (χ1n) is 4.51. The lowest BCUT2D eigenvalue weighted by molar-refractivity contribution is 0.456. The molecule has 0 saturated heterocycles.